The van der Waals surface area contributed by atoms with Crippen LogP contribution in [-0.4, -0.2) is 44.7 Å². The number of para-hydroxylation sites is 1. The van der Waals surface area contributed by atoms with Crippen LogP contribution >= 0.6 is 0 Å². The Hall–Kier alpha value is -3.03. The van der Waals surface area contributed by atoms with Crippen molar-refractivity contribution >= 4 is 23.0 Å². The minimum absolute atomic E-state index is 0.192. The zero-order valence-electron chi connectivity index (χ0n) is 17.8. The lowest BCUT2D eigenvalue weighted by atomic mass is 10.0. The second-order valence-electron chi connectivity index (χ2n) is 8.23. The fourth-order valence-electron chi connectivity index (χ4n) is 4.31. The number of hydroxylamine groups is 1. The van der Waals surface area contributed by atoms with E-state index in [0.29, 0.717) is 11.6 Å². The number of hydrogen-bond donors (Lipinski definition) is 2. The van der Waals surface area contributed by atoms with Gasteiger partial charge in [-0.2, -0.15) is 0 Å². The molecular formula is C24H27FN4O2. The molecule has 0 saturated carbocycles. The lowest BCUT2D eigenvalue weighted by molar-refractivity contribution is -0.124. The summed E-state index contributed by atoms with van der Waals surface area (Å²) in [5, 5.41) is 8.69. The molecular weight excluding hydrogens is 395 g/mol. The predicted molar refractivity (Wildman–Crippen MR) is 119 cm³/mol. The molecule has 1 fully saturated rings. The number of hydrogen-bond acceptors (Lipinski definition) is 4. The Bertz CT molecular complexity index is 1120. The summed E-state index contributed by atoms with van der Waals surface area (Å²) < 4.78 is 16.8. The van der Waals surface area contributed by atoms with Crippen LogP contribution in [0.4, 0.5) is 4.39 Å². The van der Waals surface area contributed by atoms with Crippen molar-refractivity contribution in [1.29, 1.82) is 0 Å². The maximum absolute atomic E-state index is 14.6. The maximum Gasteiger partial charge on any atom is 0.267 e. The molecule has 0 bridgehead atoms. The first kappa shape index (κ1) is 21.2. The van der Waals surface area contributed by atoms with Gasteiger partial charge < -0.3 is 4.57 Å². The Morgan fingerprint density at radius 1 is 1.29 bits per heavy atom. The smallest absolute Gasteiger partial charge is 0.267 e. The number of piperidine rings is 1. The number of imidazole rings is 1. The molecule has 4 rings (SSSR count). The number of aromatic nitrogens is 2. The van der Waals surface area contributed by atoms with Crippen LogP contribution in [0.1, 0.15) is 38.3 Å². The standard InChI is InChI=1S/C24H27FN4O2/c1-16(2)28-13-5-8-19(15-28)29-21-10-4-9-20(25)23(21)26-24(29)18-7-3-6-17(14-18)11-12-22(30)27-31/h3-4,6-7,9-12,14,16,19,31H,5,8,13,15H2,1-2H3,(H,27,30)/b12-11+. The van der Waals surface area contributed by atoms with E-state index in [0.717, 1.165) is 48.4 Å². The van der Waals surface area contributed by atoms with Gasteiger partial charge in [-0.3, -0.25) is 14.9 Å². The van der Waals surface area contributed by atoms with Crippen LogP contribution in [0.15, 0.2) is 48.5 Å². The Morgan fingerprint density at radius 2 is 2.10 bits per heavy atom. The van der Waals surface area contributed by atoms with Gasteiger partial charge in [0, 0.05) is 30.3 Å². The minimum atomic E-state index is -0.601. The summed E-state index contributed by atoms with van der Waals surface area (Å²) in [6.45, 7) is 6.36. The van der Waals surface area contributed by atoms with Gasteiger partial charge >= 0.3 is 0 Å². The molecule has 1 aromatic heterocycles. The summed E-state index contributed by atoms with van der Waals surface area (Å²) in [4.78, 5) is 18.5. The molecule has 1 amide bonds. The van der Waals surface area contributed by atoms with E-state index in [-0.39, 0.29) is 11.9 Å². The van der Waals surface area contributed by atoms with E-state index in [1.54, 1.807) is 17.6 Å². The fourth-order valence-corrected chi connectivity index (χ4v) is 4.31. The zero-order chi connectivity index (χ0) is 22.0. The second kappa shape index (κ2) is 8.99. The Labute approximate surface area is 181 Å². The predicted octanol–water partition coefficient (Wildman–Crippen LogP) is 4.41. The topological polar surface area (TPSA) is 70.4 Å². The van der Waals surface area contributed by atoms with Crippen LogP contribution < -0.4 is 5.48 Å². The molecule has 0 radical (unpaired) electrons. The number of halogens is 1. The van der Waals surface area contributed by atoms with E-state index in [2.05, 4.69) is 23.3 Å². The zero-order valence-corrected chi connectivity index (χ0v) is 17.8. The number of amides is 1. The Morgan fingerprint density at radius 3 is 2.87 bits per heavy atom. The summed E-state index contributed by atoms with van der Waals surface area (Å²) in [6.07, 6.45) is 4.96. The SMILES string of the molecule is CC(C)N1CCCC(n2c(-c3cccc(/C=C/C(=O)NO)c3)nc3c(F)cccc32)C1. The molecule has 1 unspecified atom stereocenters. The molecule has 1 aliphatic heterocycles. The molecule has 0 aliphatic carbocycles. The van der Waals surface area contributed by atoms with Crippen molar-refractivity contribution in [3.63, 3.8) is 0 Å². The van der Waals surface area contributed by atoms with Crippen molar-refractivity contribution in [3.8, 4) is 11.4 Å². The summed E-state index contributed by atoms with van der Waals surface area (Å²) in [5.74, 6) is -0.210. The molecule has 31 heavy (non-hydrogen) atoms. The van der Waals surface area contributed by atoms with Gasteiger partial charge in [-0.25, -0.2) is 14.9 Å². The van der Waals surface area contributed by atoms with Crippen LogP contribution in [0.3, 0.4) is 0 Å². The molecule has 0 spiro atoms. The van der Waals surface area contributed by atoms with Crippen LogP contribution in [0.5, 0.6) is 0 Å². The quantitative estimate of drug-likeness (QED) is 0.363. The number of fused-ring (bicyclic) bond motifs is 1. The van der Waals surface area contributed by atoms with Gasteiger partial charge in [0.15, 0.2) is 5.82 Å². The van der Waals surface area contributed by atoms with Crippen molar-refractivity contribution in [3.05, 3.63) is 59.9 Å². The molecule has 2 heterocycles. The van der Waals surface area contributed by atoms with Gasteiger partial charge in [0.1, 0.15) is 11.3 Å². The normalized spacial score (nSPS) is 17.6. The summed E-state index contributed by atoms with van der Waals surface area (Å²) in [7, 11) is 0. The van der Waals surface area contributed by atoms with Gasteiger partial charge in [-0.15, -0.1) is 0 Å². The third-order valence-electron chi connectivity index (χ3n) is 5.88. The number of carbonyl (C=O) groups excluding carboxylic acids is 1. The van der Waals surface area contributed by atoms with Crippen molar-refractivity contribution < 1.29 is 14.4 Å². The van der Waals surface area contributed by atoms with Crippen molar-refractivity contribution in [2.24, 2.45) is 0 Å². The number of rotatable bonds is 5. The second-order valence-corrected chi connectivity index (χ2v) is 8.23. The molecule has 1 saturated heterocycles. The monoisotopic (exact) mass is 422 g/mol. The molecule has 162 valence electrons. The van der Waals surface area contributed by atoms with E-state index >= 15 is 0 Å². The highest BCUT2D eigenvalue weighted by Crippen LogP contribution is 2.34. The Kier molecular flexibility index (Phi) is 6.15. The number of carbonyl (C=O) groups is 1. The van der Waals surface area contributed by atoms with E-state index < -0.39 is 5.91 Å². The van der Waals surface area contributed by atoms with Crippen LogP contribution in [-0.2, 0) is 4.79 Å². The highest BCUT2D eigenvalue weighted by molar-refractivity contribution is 5.91. The van der Waals surface area contributed by atoms with Crippen molar-refractivity contribution in [2.75, 3.05) is 13.1 Å². The summed E-state index contributed by atoms with van der Waals surface area (Å²) in [6, 6.07) is 13.3. The average Bonchev–Trinajstić information content (AvgIpc) is 3.19. The van der Waals surface area contributed by atoms with Crippen molar-refractivity contribution in [1.82, 2.24) is 19.9 Å². The van der Waals surface area contributed by atoms with Crippen LogP contribution in [0.25, 0.3) is 28.5 Å². The highest BCUT2D eigenvalue weighted by Gasteiger charge is 2.27. The lowest BCUT2D eigenvalue weighted by Gasteiger charge is -2.36. The minimum Gasteiger partial charge on any atom is -0.319 e. The molecule has 1 aliphatic rings. The van der Waals surface area contributed by atoms with Gasteiger partial charge in [-0.05, 0) is 63.1 Å². The van der Waals surface area contributed by atoms with Gasteiger partial charge in [0.05, 0.1) is 5.52 Å². The van der Waals surface area contributed by atoms with Gasteiger partial charge in [0.2, 0.25) is 0 Å². The number of nitrogens with zero attached hydrogens (tertiary/aromatic N) is 3. The van der Waals surface area contributed by atoms with Gasteiger partial charge in [-0.1, -0.05) is 24.3 Å². The molecule has 7 heteroatoms. The molecule has 2 aromatic carbocycles. The first-order valence-corrected chi connectivity index (χ1v) is 10.6. The summed E-state index contributed by atoms with van der Waals surface area (Å²) >= 11 is 0. The third-order valence-corrected chi connectivity index (χ3v) is 5.88. The van der Waals surface area contributed by atoms with E-state index in [4.69, 9.17) is 10.2 Å². The van der Waals surface area contributed by atoms with Crippen LogP contribution in [0.2, 0.25) is 0 Å². The fraction of sp³-hybridized carbons (Fsp3) is 0.333. The van der Waals surface area contributed by atoms with E-state index in [9.17, 15) is 9.18 Å². The largest absolute Gasteiger partial charge is 0.319 e. The Balaban J connectivity index is 1.81. The molecule has 1 atom stereocenters. The lowest BCUT2D eigenvalue weighted by Crippen LogP contribution is -2.40. The third kappa shape index (κ3) is 4.38. The molecule has 3 aromatic rings. The number of benzene rings is 2. The highest BCUT2D eigenvalue weighted by atomic mass is 19.1. The van der Waals surface area contributed by atoms with Gasteiger partial charge in [0.25, 0.3) is 5.91 Å². The van der Waals surface area contributed by atoms with Crippen LogP contribution in [0, 0.1) is 5.82 Å². The first-order valence-electron chi connectivity index (χ1n) is 10.6. The molecule has 2 N–H and O–H groups in total. The summed E-state index contributed by atoms with van der Waals surface area (Å²) in [5.41, 5.74) is 4.39. The first-order chi connectivity index (χ1) is 15.0. The number of likely N-dealkylation sites (tertiary alicyclic amines) is 1. The maximum atomic E-state index is 14.6. The van der Waals surface area contributed by atoms with Crippen molar-refractivity contribution in [2.45, 2.75) is 38.8 Å². The number of nitrogens with one attached hydrogen (secondary N) is 1. The molecule has 6 nitrogen and oxygen atoms in total. The van der Waals surface area contributed by atoms with E-state index in [1.807, 2.05) is 30.3 Å². The average molecular weight is 423 g/mol. The van der Waals surface area contributed by atoms with E-state index in [1.165, 1.54) is 12.1 Å².